The fourth-order valence-electron chi connectivity index (χ4n) is 2.46. The van der Waals surface area contributed by atoms with Crippen molar-refractivity contribution in [3.8, 4) is 0 Å². The van der Waals surface area contributed by atoms with Gasteiger partial charge in [0.2, 0.25) is 5.91 Å². The lowest BCUT2D eigenvalue weighted by Crippen LogP contribution is -2.49. The van der Waals surface area contributed by atoms with E-state index in [2.05, 4.69) is 4.90 Å². The number of amides is 1. The molecule has 0 spiro atoms. The predicted octanol–water partition coefficient (Wildman–Crippen LogP) is 0.0639. The van der Waals surface area contributed by atoms with E-state index in [0.29, 0.717) is 0 Å². The van der Waals surface area contributed by atoms with Gasteiger partial charge < -0.3 is 10.0 Å². The van der Waals surface area contributed by atoms with Gasteiger partial charge in [-0.2, -0.15) is 0 Å². The van der Waals surface area contributed by atoms with E-state index >= 15 is 0 Å². The van der Waals surface area contributed by atoms with Crippen molar-refractivity contribution in [1.82, 2.24) is 9.80 Å². The number of carbonyl (C=O) groups excluding carboxylic acids is 1. The van der Waals surface area contributed by atoms with Crippen LogP contribution in [0, 0.1) is 0 Å². The van der Waals surface area contributed by atoms with E-state index in [1.54, 1.807) is 4.90 Å². The third-order valence-corrected chi connectivity index (χ3v) is 3.72. The number of hydrogen-bond donors (Lipinski definition) is 1. The Hall–Kier alpha value is -0.610. The van der Waals surface area contributed by atoms with Gasteiger partial charge >= 0.3 is 0 Å². The van der Waals surface area contributed by atoms with Crippen LogP contribution in [-0.4, -0.2) is 59.1 Å². The van der Waals surface area contributed by atoms with Crippen LogP contribution in [-0.2, 0) is 4.79 Å². The maximum Gasteiger partial charge on any atom is 0.239 e. The molecule has 4 nitrogen and oxygen atoms in total. The molecule has 2 rings (SSSR count). The van der Waals surface area contributed by atoms with E-state index < -0.39 is 5.60 Å². The maximum absolute atomic E-state index is 11.8. The summed E-state index contributed by atoms with van der Waals surface area (Å²) in [5.74, 6) is 0.247. The Morgan fingerprint density at radius 3 is 2.40 bits per heavy atom. The SMILES string of the molecule is CN1CCC(N2CCC(C)(O)CC2)C1=O. The second kappa shape index (κ2) is 3.76. The van der Waals surface area contributed by atoms with Crippen molar-refractivity contribution < 1.29 is 9.90 Å². The highest BCUT2D eigenvalue weighted by Gasteiger charge is 2.37. The van der Waals surface area contributed by atoms with Crippen molar-refractivity contribution in [1.29, 1.82) is 0 Å². The second-order valence-corrected chi connectivity index (χ2v) is 5.10. The Labute approximate surface area is 90.9 Å². The smallest absolute Gasteiger partial charge is 0.239 e. The van der Waals surface area contributed by atoms with Crippen LogP contribution in [0.25, 0.3) is 0 Å². The van der Waals surface area contributed by atoms with Crippen molar-refractivity contribution in [3.05, 3.63) is 0 Å². The number of carbonyl (C=O) groups is 1. The number of nitrogens with zero attached hydrogens (tertiary/aromatic N) is 2. The lowest BCUT2D eigenvalue weighted by Gasteiger charge is -2.38. The molecule has 1 unspecified atom stereocenters. The molecule has 0 aromatic heterocycles. The molecule has 0 aliphatic carbocycles. The zero-order chi connectivity index (χ0) is 11.1. The molecule has 4 heteroatoms. The number of rotatable bonds is 1. The molecule has 1 N–H and O–H groups in total. The lowest BCUT2D eigenvalue weighted by molar-refractivity contribution is -0.132. The minimum Gasteiger partial charge on any atom is -0.390 e. The van der Waals surface area contributed by atoms with Crippen LogP contribution in [0.3, 0.4) is 0 Å². The molecule has 0 aromatic rings. The second-order valence-electron chi connectivity index (χ2n) is 5.10. The van der Waals surface area contributed by atoms with Gasteiger partial charge in [0.25, 0.3) is 0 Å². The molecule has 2 saturated heterocycles. The van der Waals surface area contributed by atoms with Crippen molar-refractivity contribution in [2.24, 2.45) is 0 Å². The summed E-state index contributed by atoms with van der Waals surface area (Å²) < 4.78 is 0. The summed E-state index contributed by atoms with van der Waals surface area (Å²) in [6, 6.07) is 0.0751. The highest BCUT2D eigenvalue weighted by Crippen LogP contribution is 2.25. The molecule has 15 heavy (non-hydrogen) atoms. The minimum absolute atomic E-state index is 0.0751. The predicted molar refractivity (Wildman–Crippen MR) is 57.5 cm³/mol. The summed E-state index contributed by atoms with van der Waals surface area (Å²) >= 11 is 0. The largest absolute Gasteiger partial charge is 0.390 e. The first-order valence-electron chi connectivity index (χ1n) is 5.71. The molecular formula is C11H20N2O2. The van der Waals surface area contributed by atoms with Crippen molar-refractivity contribution in [2.45, 2.75) is 37.8 Å². The molecule has 2 aliphatic rings. The summed E-state index contributed by atoms with van der Waals surface area (Å²) in [5.41, 5.74) is -0.524. The van der Waals surface area contributed by atoms with Crippen LogP contribution in [0.4, 0.5) is 0 Å². The summed E-state index contributed by atoms with van der Waals surface area (Å²) in [6.07, 6.45) is 2.50. The van der Waals surface area contributed by atoms with Crippen LogP contribution in [0.5, 0.6) is 0 Å². The average molecular weight is 212 g/mol. The fraction of sp³-hybridized carbons (Fsp3) is 0.909. The van der Waals surface area contributed by atoms with Gasteiger partial charge in [0.1, 0.15) is 0 Å². The van der Waals surface area contributed by atoms with Crippen LogP contribution >= 0.6 is 0 Å². The van der Waals surface area contributed by atoms with Crippen LogP contribution in [0.1, 0.15) is 26.2 Å². The quantitative estimate of drug-likeness (QED) is 0.668. The Kier molecular flexibility index (Phi) is 2.73. The van der Waals surface area contributed by atoms with Crippen molar-refractivity contribution >= 4 is 5.91 Å². The minimum atomic E-state index is -0.524. The number of aliphatic hydroxyl groups is 1. The standard InChI is InChI=1S/C11H20N2O2/c1-11(15)4-7-13(8-5-11)9-3-6-12(2)10(9)14/h9,15H,3-8H2,1-2H3. The molecule has 2 heterocycles. The van der Waals surface area contributed by atoms with Gasteiger partial charge in [0.05, 0.1) is 11.6 Å². The first-order valence-corrected chi connectivity index (χ1v) is 5.71. The van der Waals surface area contributed by atoms with Crippen molar-refractivity contribution in [2.75, 3.05) is 26.7 Å². The highest BCUT2D eigenvalue weighted by atomic mass is 16.3. The molecule has 0 bridgehead atoms. The van der Waals surface area contributed by atoms with Crippen LogP contribution in [0.15, 0.2) is 0 Å². The van der Waals surface area contributed by atoms with Gasteiger partial charge in [-0.1, -0.05) is 0 Å². The molecule has 0 aromatic carbocycles. The molecule has 1 amide bonds. The average Bonchev–Trinajstić information content (AvgIpc) is 2.49. The summed E-state index contributed by atoms with van der Waals surface area (Å²) in [7, 11) is 1.86. The Balaban J connectivity index is 1.94. The van der Waals surface area contributed by atoms with E-state index in [4.69, 9.17) is 0 Å². The molecule has 2 fully saturated rings. The lowest BCUT2D eigenvalue weighted by atomic mass is 9.93. The van der Waals surface area contributed by atoms with E-state index in [-0.39, 0.29) is 11.9 Å². The molecule has 0 saturated carbocycles. The van der Waals surface area contributed by atoms with E-state index in [9.17, 15) is 9.90 Å². The Bertz CT molecular complexity index is 255. The Morgan fingerprint density at radius 1 is 1.33 bits per heavy atom. The third-order valence-electron chi connectivity index (χ3n) is 3.72. The Morgan fingerprint density at radius 2 is 1.93 bits per heavy atom. The number of likely N-dealkylation sites (tertiary alicyclic amines) is 2. The normalized spacial score (nSPS) is 32.3. The monoisotopic (exact) mass is 212 g/mol. The fourth-order valence-corrected chi connectivity index (χ4v) is 2.46. The zero-order valence-corrected chi connectivity index (χ0v) is 9.57. The first kappa shape index (κ1) is 10.9. The van der Waals surface area contributed by atoms with E-state index in [0.717, 1.165) is 38.9 Å². The first-order chi connectivity index (χ1) is 6.99. The van der Waals surface area contributed by atoms with Gasteiger partial charge in [-0.25, -0.2) is 0 Å². The van der Waals surface area contributed by atoms with Gasteiger partial charge in [0.15, 0.2) is 0 Å². The topological polar surface area (TPSA) is 43.8 Å². The molecular weight excluding hydrogens is 192 g/mol. The van der Waals surface area contributed by atoms with E-state index in [1.807, 2.05) is 14.0 Å². The summed E-state index contributed by atoms with van der Waals surface area (Å²) in [6.45, 7) is 4.44. The maximum atomic E-state index is 11.8. The highest BCUT2D eigenvalue weighted by molar-refractivity contribution is 5.83. The molecule has 2 aliphatic heterocycles. The van der Waals surface area contributed by atoms with Gasteiger partial charge in [-0.05, 0) is 26.2 Å². The summed E-state index contributed by atoms with van der Waals surface area (Å²) in [4.78, 5) is 15.8. The van der Waals surface area contributed by atoms with E-state index in [1.165, 1.54) is 0 Å². The zero-order valence-electron chi connectivity index (χ0n) is 9.57. The number of likely N-dealkylation sites (N-methyl/N-ethyl adjacent to an activating group) is 1. The number of piperidine rings is 1. The third kappa shape index (κ3) is 2.16. The molecule has 0 radical (unpaired) electrons. The molecule has 1 atom stereocenters. The van der Waals surface area contributed by atoms with Crippen LogP contribution in [0.2, 0.25) is 0 Å². The molecule has 86 valence electrons. The number of hydrogen-bond acceptors (Lipinski definition) is 3. The van der Waals surface area contributed by atoms with Gasteiger partial charge in [-0.3, -0.25) is 9.69 Å². The van der Waals surface area contributed by atoms with Gasteiger partial charge in [0, 0.05) is 26.7 Å². The van der Waals surface area contributed by atoms with Gasteiger partial charge in [-0.15, -0.1) is 0 Å². The summed E-state index contributed by atoms with van der Waals surface area (Å²) in [5, 5.41) is 9.83. The van der Waals surface area contributed by atoms with Crippen LogP contribution < -0.4 is 0 Å². The van der Waals surface area contributed by atoms with Crippen molar-refractivity contribution in [3.63, 3.8) is 0 Å².